The van der Waals surface area contributed by atoms with Crippen LogP contribution in [0.3, 0.4) is 0 Å². The number of benzene rings is 1. The minimum Gasteiger partial charge on any atom is -0.398 e. The molecule has 2 N–H and O–H groups in total. The third-order valence-corrected chi connectivity index (χ3v) is 2.86. The highest BCUT2D eigenvalue weighted by molar-refractivity contribution is 5.33. The van der Waals surface area contributed by atoms with Crippen molar-refractivity contribution >= 4 is 5.69 Å². The van der Waals surface area contributed by atoms with Crippen molar-refractivity contribution in [1.29, 1.82) is 0 Å². The van der Waals surface area contributed by atoms with E-state index in [0.717, 1.165) is 6.42 Å². The van der Waals surface area contributed by atoms with Gasteiger partial charge in [-0.3, -0.25) is 4.79 Å². The van der Waals surface area contributed by atoms with Gasteiger partial charge in [0.25, 0.3) is 5.56 Å². The van der Waals surface area contributed by atoms with E-state index in [1.807, 2.05) is 18.2 Å². The average molecular weight is 258 g/mol. The predicted octanol–water partition coefficient (Wildman–Crippen LogP) is 1.69. The first kappa shape index (κ1) is 13.4. The van der Waals surface area contributed by atoms with Gasteiger partial charge in [-0.05, 0) is 18.1 Å². The first-order chi connectivity index (χ1) is 9.25. The lowest BCUT2D eigenvalue weighted by Crippen LogP contribution is -2.21. The maximum Gasteiger partial charge on any atom is 0.250 e. The zero-order valence-electron chi connectivity index (χ0n) is 10.8. The molecule has 1 aromatic carbocycles. The van der Waals surface area contributed by atoms with E-state index in [4.69, 9.17) is 10.5 Å². The number of anilines is 1. The van der Waals surface area contributed by atoms with Crippen molar-refractivity contribution in [3.63, 3.8) is 0 Å². The maximum atomic E-state index is 11.5. The van der Waals surface area contributed by atoms with Crippen LogP contribution in [0.1, 0.15) is 5.56 Å². The van der Waals surface area contributed by atoms with Gasteiger partial charge >= 0.3 is 0 Å². The predicted molar refractivity (Wildman–Crippen MR) is 76.1 cm³/mol. The van der Waals surface area contributed by atoms with E-state index >= 15 is 0 Å². The number of rotatable bonds is 6. The van der Waals surface area contributed by atoms with E-state index in [-0.39, 0.29) is 5.56 Å². The summed E-state index contributed by atoms with van der Waals surface area (Å²) in [4.78, 5) is 11.5. The number of aromatic nitrogens is 1. The van der Waals surface area contributed by atoms with Crippen LogP contribution in [0.15, 0.2) is 53.5 Å². The topological polar surface area (TPSA) is 57.2 Å². The highest BCUT2D eigenvalue weighted by Gasteiger charge is 1.97. The molecule has 2 rings (SSSR count). The summed E-state index contributed by atoms with van der Waals surface area (Å²) in [5, 5.41) is 0. The number of nitrogens with two attached hydrogens (primary N) is 1. The summed E-state index contributed by atoms with van der Waals surface area (Å²) >= 11 is 0. The number of nitrogens with zero attached hydrogens (tertiary/aromatic N) is 1. The van der Waals surface area contributed by atoms with Crippen LogP contribution in [0.25, 0.3) is 0 Å². The van der Waals surface area contributed by atoms with Gasteiger partial charge in [-0.2, -0.15) is 0 Å². The van der Waals surface area contributed by atoms with Gasteiger partial charge in [-0.1, -0.05) is 30.3 Å². The molecular formula is C15H18N2O2. The molecule has 4 nitrogen and oxygen atoms in total. The van der Waals surface area contributed by atoms with Gasteiger partial charge in [0.05, 0.1) is 13.2 Å². The Hall–Kier alpha value is -2.07. The Morgan fingerprint density at radius 1 is 1.05 bits per heavy atom. The molecule has 0 fully saturated rings. The van der Waals surface area contributed by atoms with E-state index in [0.29, 0.717) is 25.4 Å². The molecule has 19 heavy (non-hydrogen) atoms. The Morgan fingerprint density at radius 2 is 1.84 bits per heavy atom. The molecule has 2 aromatic rings. The number of pyridine rings is 1. The van der Waals surface area contributed by atoms with Gasteiger partial charge in [0.2, 0.25) is 0 Å². The van der Waals surface area contributed by atoms with Crippen LogP contribution in [-0.2, 0) is 17.7 Å². The van der Waals surface area contributed by atoms with Crippen molar-refractivity contribution < 1.29 is 4.74 Å². The van der Waals surface area contributed by atoms with Gasteiger partial charge in [0.15, 0.2) is 0 Å². The third kappa shape index (κ3) is 4.26. The monoisotopic (exact) mass is 258 g/mol. The van der Waals surface area contributed by atoms with E-state index in [9.17, 15) is 4.79 Å². The van der Waals surface area contributed by atoms with Crippen molar-refractivity contribution in [3.05, 3.63) is 64.6 Å². The zero-order chi connectivity index (χ0) is 13.5. The molecule has 1 heterocycles. The molecule has 0 aliphatic rings. The normalized spacial score (nSPS) is 10.5. The van der Waals surface area contributed by atoms with Crippen molar-refractivity contribution in [3.8, 4) is 0 Å². The van der Waals surface area contributed by atoms with Crippen LogP contribution < -0.4 is 11.3 Å². The fourth-order valence-corrected chi connectivity index (χ4v) is 1.82. The van der Waals surface area contributed by atoms with Gasteiger partial charge in [-0.15, -0.1) is 0 Å². The molecule has 0 bridgehead atoms. The Morgan fingerprint density at radius 3 is 2.63 bits per heavy atom. The van der Waals surface area contributed by atoms with Gasteiger partial charge in [0, 0.05) is 24.5 Å². The Labute approximate surface area is 112 Å². The van der Waals surface area contributed by atoms with Gasteiger partial charge in [-0.25, -0.2) is 0 Å². The molecule has 100 valence electrons. The molecule has 0 amide bonds. The SMILES string of the molecule is Nc1ccc(=O)n(CCOCCc2ccccc2)c1. The van der Waals surface area contributed by atoms with Crippen LogP contribution >= 0.6 is 0 Å². The summed E-state index contributed by atoms with van der Waals surface area (Å²) in [6, 6.07) is 13.3. The highest BCUT2D eigenvalue weighted by Crippen LogP contribution is 2.00. The summed E-state index contributed by atoms with van der Waals surface area (Å²) in [7, 11) is 0. The lowest BCUT2D eigenvalue weighted by molar-refractivity contribution is 0.128. The molecular weight excluding hydrogens is 240 g/mol. The highest BCUT2D eigenvalue weighted by atomic mass is 16.5. The summed E-state index contributed by atoms with van der Waals surface area (Å²) in [6.07, 6.45) is 2.52. The van der Waals surface area contributed by atoms with Crippen LogP contribution in [0.5, 0.6) is 0 Å². The maximum absolute atomic E-state index is 11.5. The lowest BCUT2D eigenvalue weighted by atomic mass is 10.2. The summed E-state index contributed by atoms with van der Waals surface area (Å²) < 4.78 is 7.10. The Kier molecular flexibility index (Phi) is 4.75. The summed E-state index contributed by atoms with van der Waals surface area (Å²) in [6.45, 7) is 1.69. The smallest absolute Gasteiger partial charge is 0.250 e. The zero-order valence-corrected chi connectivity index (χ0v) is 10.8. The molecule has 0 saturated heterocycles. The van der Waals surface area contributed by atoms with Crippen molar-refractivity contribution in [2.24, 2.45) is 0 Å². The third-order valence-electron chi connectivity index (χ3n) is 2.86. The minimum atomic E-state index is -0.0548. The Bertz CT molecular complexity index is 564. The van der Waals surface area contributed by atoms with Crippen molar-refractivity contribution in [2.45, 2.75) is 13.0 Å². The molecule has 4 heteroatoms. The molecule has 0 spiro atoms. The second-order valence-electron chi connectivity index (χ2n) is 4.34. The first-order valence-electron chi connectivity index (χ1n) is 6.33. The van der Waals surface area contributed by atoms with E-state index in [1.54, 1.807) is 16.8 Å². The summed E-state index contributed by atoms with van der Waals surface area (Å²) in [5.41, 5.74) is 7.42. The number of hydrogen-bond donors (Lipinski definition) is 1. The largest absolute Gasteiger partial charge is 0.398 e. The van der Waals surface area contributed by atoms with E-state index in [2.05, 4.69) is 12.1 Å². The second kappa shape index (κ2) is 6.75. The van der Waals surface area contributed by atoms with Crippen molar-refractivity contribution in [2.75, 3.05) is 18.9 Å². The minimum absolute atomic E-state index is 0.0548. The molecule has 0 saturated carbocycles. The van der Waals surface area contributed by atoms with Gasteiger partial charge in [0.1, 0.15) is 0 Å². The lowest BCUT2D eigenvalue weighted by Gasteiger charge is -2.07. The van der Waals surface area contributed by atoms with E-state index < -0.39 is 0 Å². The Balaban J connectivity index is 1.72. The van der Waals surface area contributed by atoms with Crippen LogP contribution in [0.2, 0.25) is 0 Å². The molecule has 0 radical (unpaired) electrons. The van der Waals surface area contributed by atoms with Crippen molar-refractivity contribution in [1.82, 2.24) is 4.57 Å². The van der Waals surface area contributed by atoms with Crippen LogP contribution in [0.4, 0.5) is 5.69 Å². The average Bonchev–Trinajstić information content (AvgIpc) is 2.43. The quantitative estimate of drug-likeness (QED) is 0.802. The number of nitrogen functional groups attached to an aromatic ring is 1. The standard InChI is InChI=1S/C15H18N2O2/c16-14-6-7-15(18)17(12-14)9-11-19-10-8-13-4-2-1-3-5-13/h1-7,12H,8-11,16H2. The number of hydrogen-bond acceptors (Lipinski definition) is 3. The molecule has 0 aliphatic carbocycles. The number of ether oxygens (including phenoxy) is 1. The molecule has 0 aliphatic heterocycles. The fourth-order valence-electron chi connectivity index (χ4n) is 1.82. The summed E-state index contributed by atoms with van der Waals surface area (Å²) in [5.74, 6) is 0. The first-order valence-corrected chi connectivity index (χ1v) is 6.33. The van der Waals surface area contributed by atoms with Gasteiger partial charge < -0.3 is 15.0 Å². The fraction of sp³-hybridized carbons (Fsp3) is 0.267. The van der Waals surface area contributed by atoms with Crippen LogP contribution in [-0.4, -0.2) is 17.8 Å². The molecule has 0 atom stereocenters. The van der Waals surface area contributed by atoms with E-state index in [1.165, 1.54) is 11.6 Å². The van der Waals surface area contributed by atoms with Crippen LogP contribution in [0, 0.1) is 0 Å². The molecule has 1 aromatic heterocycles. The second-order valence-corrected chi connectivity index (χ2v) is 4.34. The molecule has 0 unspecified atom stereocenters.